The summed E-state index contributed by atoms with van der Waals surface area (Å²) in [6, 6.07) is 1.94. The van der Waals surface area contributed by atoms with Crippen molar-refractivity contribution in [1.29, 1.82) is 0 Å². The highest BCUT2D eigenvalue weighted by Gasteiger charge is 2.46. The number of H-pyrrole nitrogens is 1. The third kappa shape index (κ3) is 2.87. The maximum absolute atomic E-state index is 12.7. The molecule has 1 aliphatic heterocycles. The molecule has 8 nitrogen and oxygen atoms in total. The minimum absolute atomic E-state index is 0.112. The van der Waals surface area contributed by atoms with Crippen LogP contribution in [0.5, 0.6) is 0 Å². The van der Waals surface area contributed by atoms with Gasteiger partial charge < -0.3 is 14.6 Å². The van der Waals surface area contributed by atoms with E-state index in [9.17, 15) is 4.79 Å². The van der Waals surface area contributed by atoms with Crippen LogP contribution < -0.4 is 5.32 Å². The number of carbonyl (C=O) groups excluding carboxylic acids is 1. The van der Waals surface area contributed by atoms with Crippen molar-refractivity contribution in [3.05, 3.63) is 23.8 Å². The maximum atomic E-state index is 12.7. The second-order valence-electron chi connectivity index (χ2n) is 8.08. The van der Waals surface area contributed by atoms with Crippen LogP contribution in [0.4, 0.5) is 6.01 Å². The Morgan fingerprint density at radius 3 is 2.81 bits per heavy atom. The smallest absolute Gasteiger partial charge is 0.316 e. The fourth-order valence-electron chi connectivity index (χ4n) is 4.11. The second-order valence-corrected chi connectivity index (χ2v) is 8.08. The molecule has 0 radical (unpaired) electrons. The standard InChI is InChI=1S/C18H24N6O2/c1-11(16(25)24-8-5-18(3-4-18)6-9-24)20-17-23-22-15(26-17)13-10-12(13)14-2-7-19-21-14/h2,7,11-13H,3-6,8-10H2,1H3,(H,19,21)(H,20,23)/t11-,12+,13-/m0/s1. The van der Waals surface area contributed by atoms with Gasteiger partial charge in [0, 0.05) is 31.1 Å². The van der Waals surface area contributed by atoms with Gasteiger partial charge in [0.25, 0.3) is 0 Å². The van der Waals surface area contributed by atoms with Gasteiger partial charge in [0.2, 0.25) is 11.8 Å². The van der Waals surface area contributed by atoms with Crippen LogP contribution in [-0.2, 0) is 4.79 Å². The summed E-state index contributed by atoms with van der Waals surface area (Å²) >= 11 is 0. The number of aromatic amines is 1. The molecule has 138 valence electrons. The molecule has 3 aliphatic rings. The summed E-state index contributed by atoms with van der Waals surface area (Å²) in [4.78, 5) is 14.6. The highest BCUT2D eigenvalue weighted by atomic mass is 16.4. The van der Waals surface area contributed by atoms with Crippen molar-refractivity contribution in [2.45, 2.75) is 56.9 Å². The van der Waals surface area contributed by atoms with Crippen LogP contribution >= 0.6 is 0 Å². The molecule has 3 heterocycles. The first-order chi connectivity index (χ1) is 12.6. The van der Waals surface area contributed by atoms with Crippen LogP contribution in [-0.4, -0.2) is 50.3 Å². The first-order valence-corrected chi connectivity index (χ1v) is 9.52. The number of rotatable bonds is 5. The van der Waals surface area contributed by atoms with E-state index < -0.39 is 0 Å². The number of carbonyl (C=O) groups is 1. The monoisotopic (exact) mass is 356 g/mol. The van der Waals surface area contributed by atoms with Crippen molar-refractivity contribution < 1.29 is 9.21 Å². The van der Waals surface area contributed by atoms with Gasteiger partial charge in [-0.25, -0.2) is 0 Å². The third-order valence-electron chi connectivity index (χ3n) is 6.25. The Labute approximate surface area is 151 Å². The molecule has 26 heavy (non-hydrogen) atoms. The molecule has 2 aromatic rings. The summed E-state index contributed by atoms with van der Waals surface area (Å²) in [6.45, 7) is 3.60. The zero-order valence-corrected chi connectivity index (χ0v) is 14.9. The largest absolute Gasteiger partial charge is 0.408 e. The molecule has 2 N–H and O–H groups in total. The molecule has 0 aromatic carbocycles. The van der Waals surface area contributed by atoms with Gasteiger partial charge in [-0.1, -0.05) is 5.10 Å². The molecule has 3 fully saturated rings. The lowest BCUT2D eigenvalue weighted by Crippen LogP contribution is -2.45. The normalized spacial score (nSPS) is 27.3. The first kappa shape index (κ1) is 15.8. The lowest BCUT2D eigenvalue weighted by molar-refractivity contribution is -0.133. The quantitative estimate of drug-likeness (QED) is 0.852. The average Bonchev–Trinajstić information content (AvgIpc) is 3.48. The summed E-state index contributed by atoms with van der Waals surface area (Å²) in [5.41, 5.74) is 1.61. The van der Waals surface area contributed by atoms with Gasteiger partial charge in [0.05, 0.1) is 5.69 Å². The molecule has 2 aliphatic carbocycles. The Morgan fingerprint density at radius 1 is 1.31 bits per heavy atom. The van der Waals surface area contributed by atoms with Crippen molar-refractivity contribution >= 4 is 11.9 Å². The third-order valence-corrected chi connectivity index (χ3v) is 6.25. The predicted molar refractivity (Wildman–Crippen MR) is 93.6 cm³/mol. The lowest BCUT2D eigenvalue weighted by Gasteiger charge is -2.33. The van der Waals surface area contributed by atoms with Crippen LogP contribution in [0, 0.1) is 5.41 Å². The van der Waals surface area contributed by atoms with E-state index >= 15 is 0 Å². The molecule has 5 rings (SSSR count). The number of piperidine rings is 1. The fraction of sp³-hybridized carbons (Fsp3) is 0.667. The van der Waals surface area contributed by atoms with Crippen molar-refractivity contribution in [1.82, 2.24) is 25.3 Å². The zero-order chi connectivity index (χ0) is 17.7. The van der Waals surface area contributed by atoms with E-state index in [0.29, 0.717) is 23.2 Å². The van der Waals surface area contributed by atoms with Crippen LogP contribution in [0.3, 0.4) is 0 Å². The maximum Gasteiger partial charge on any atom is 0.316 e. The molecule has 1 spiro atoms. The molecule has 2 aromatic heterocycles. The molecule has 0 bridgehead atoms. The van der Waals surface area contributed by atoms with E-state index in [1.807, 2.05) is 24.1 Å². The van der Waals surface area contributed by atoms with Crippen LogP contribution in [0.25, 0.3) is 0 Å². The predicted octanol–water partition coefficient (Wildman–Crippen LogP) is 2.27. The Kier molecular flexibility index (Phi) is 3.55. The zero-order valence-electron chi connectivity index (χ0n) is 14.9. The summed E-state index contributed by atoms with van der Waals surface area (Å²) in [7, 11) is 0. The second kappa shape index (κ2) is 5.82. The molecule has 0 unspecified atom stereocenters. The van der Waals surface area contributed by atoms with E-state index in [1.54, 1.807) is 0 Å². The summed E-state index contributed by atoms with van der Waals surface area (Å²) in [6.07, 6.45) is 7.77. The molecule has 1 amide bonds. The molecule has 2 saturated carbocycles. The Bertz CT molecular complexity index is 786. The van der Waals surface area contributed by atoms with Crippen molar-refractivity contribution in [3.63, 3.8) is 0 Å². The van der Waals surface area contributed by atoms with E-state index in [-0.39, 0.29) is 17.9 Å². The molecular weight excluding hydrogens is 332 g/mol. The van der Waals surface area contributed by atoms with Crippen molar-refractivity contribution in [2.24, 2.45) is 5.41 Å². The number of nitrogens with one attached hydrogen (secondary N) is 2. The highest BCUT2D eigenvalue weighted by molar-refractivity contribution is 5.83. The summed E-state index contributed by atoms with van der Waals surface area (Å²) in [5, 5.41) is 18.3. The van der Waals surface area contributed by atoms with Crippen molar-refractivity contribution in [3.8, 4) is 0 Å². The molecule has 1 saturated heterocycles. The van der Waals surface area contributed by atoms with Crippen LogP contribution in [0.1, 0.15) is 62.4 Å². The average molecular weight is 356 g/mol. The number of likely N-dealkylation sites (tertiary alicyclic amines) is 1. The minimum Gasteiger partial charge on any atom is -0.408 e. The van der Waals surface area contributed by atoms with Gasteiger partial charge in [0.15, 0.2) is 0 Å². The van der Waals surface area contributed by atoms with Gasteiger partial charge in [-0.3, -0.25) is 9.89 Å². The SMILES string of the molecule is C[C@H](Nc1nnc([C@H]2C[C@H]2c2cc[nH]n2)o1)C(=O)N1CCC2(CC1)CC2. The van der Waals surface area contributed by atoms with E-state index in [1.165, 1.54) is 12.8 Å². The number of aromatic nitrogens is 4. The highest BCUT2D eigenvalue weighted by Crippen LogP contribution is 2.54. The topological polar surface area (TPSA) is 99.9 Å². The van der Waals surface area contributed by atoms with Gasteiger partial charge >= 0.3 is 6.01 Å². The molecule has 8 heteroatoms. The van der Waals surface area contributed by atoms with Crippen LogP contribution in [0.2, 0.25) is 0 Å². The Morgan fingerprint density at radius 2 is 2.12 bits per heavy atom. The lowest BCUT2D eigenvalue weighted by atomic mass is 9.93. The number of hydrogen-bond donors (Lipinski definition) is 2. The van der Waals surface area contributed by atoms with Gasteiger partial charge in [-0.15, -0.1) is 5.10 Å². The number of amides is 1. The molecular formula is C18H24N6O2. The van der Waals surface area contributed by atoms with Gasteiger partial charge in [0.1, 0.15) is 6.04 Å². The van der Waals surface area contributed by atoms with E-state index in [2.05, 4.69) is 25.7 Å². The Hall–Kier alpha value is -2.38. The summed E-state index contributed by atoms with van der Waals surface area (Å²) in [5.74, 6) is 1.30. The van der Waals surface area contributed by atoms with Crippen molar-refractivity contribution in [2.75, 3.05) is 18.4 Å². The summed E-state index contributed by atoms with van der Waals surface area (Å²) < 4.78 is 5.75. The number of hydrogen-bond acceptors (Lipinski definition) is 6. The van der Waals surface area contributed by atoms with Crippen LogP contribution in [0.15, 0.2) is 16.7 Å². The van der Waals surface area contributed by atoms with E-state index in [4.69, 9.17) is 4.42 Å². The fourth-order valence-corrected chi connectivity index (χ4v) is 4.11. The van der Waals surface area contributed by atoms with Gasteiger partial charge in [-0.2, -0.15) is 5.10 Å². The van der Waals surface area contributed by atoms with Gasteiger partial charge in [-0.05, 0) is 50.5 Å². The minimum atomic E-state index is -0.363. The Balaban J connectivity index is 1.16. The first-order valence-electron chi connectivity index (χ1n) is 9.52. The molecule has 3 atom stereocenters. The number of anilines is 1. The number of nitrogens with zero attached hydrogens (tertiary/aromatic N) is 4. The van der Waals surface area contributed by atoms with E-state index in [0.717, 1.165) is 38.0 Å².